The van der Waals surface area contributed by atoms with E-state index in [2.05, 4.69) is 31.3 Å². The Balaban J connectivity index is 1.87. The molecule has 0 aliphatic heterocycles. The van der Waals surface area contributed by atoms with Crippen molar-refractivity contribution in [1.82, 2.24) is 5.32 Å². The largest absolute Gasteiger partial charge is 0.389 e. The van der Waals surface area contributed by atoms with Crippen molar-refractivity contribution in [3.05, 3.63) is 34.3 Å². The molecule has 0 amide bonds. The van der Waals surface area contributed by atoms with Gasteiger partial charge in [-0.15, -0.1) is 0 Å². The van der Waals surface area contributed by atoms with Crippen LogP contribution in [0.1, 0.15) is 38.3 Å². The summed E-state index contributed by atoms with van der Waals surface area (Å²) in [7, 11) is 0. The predicted octanol–water partition coefficient (Wildman–Crippen LogP) is 3.19. The van der Waals surface area contributed by atoms with Crippen LogP contribution >= 0.6 is 11.6 Å². The molecule has 1 aliphatic rings. The molecule has 106 valence electrons. The first-order valence-corrected chi connectivity index (χ1v) is 7.46. The molecule has 1 aromatic rings. The fraction of sp³-hybridized carbons (Fsp3) is 0.625. The van der Waals surface area contributed by atoms with Crippen molar-refractivity contribution in [3.8, 4) is 0 Å². The van der Waals surface area contributed by atoms with Gasteiger partial charge in [0, 0.05) is 17.6 Å². The van der Waals surface area contributed by atoms with Gasteiger partial charge >= 0.3 is 0 Å². The minimum atomic E-state index is -0.624. The van der Waals surface area contributed by atoms with E-state index >= 15 is 0 Å². The predicted molar refractivity (Wildman–Crippen MR) is 80.7 cm³/mol. The van der Waals surface area contributed by atoms with Crippen LogP contribution in [0.3, 0.4) is 0 Å². The number of fused-ring (bicyclic) bond motifs is 1. The van der Waals surface area contributed by atoms with Crippen LogP contribution < -0.4 is 5.32 Å². The summed E-state index contributed by atoms with van der Waals surface area (Å²) >= 11 is 6.02. The Bertz CT molecular complexity index is 442. The monoisotopic (exact) mass is 281 g/mol. The summed E-state index contributed by atoms with van der Waals surface area (Å²) in [5.41, 5.74) is 2.10. The van der Waals surface area contributed by atoms with Gasteiger partial charge in [0.15, 0.2) is 0 Å². The third-order valence-electron chi connectivity index (χ3n) is 3.72. The number of nitrogens with one attached hydrogen (secondary N) is 1. The van der Waals surface area contributed by atoms with Gasteiger partial charge in [-0.1, -0.05) is 31.5 Å². The van der Waals surface area contributed by atoms with E-state index in [1.807, 2.05) is 13.0 Å². The zero-order valence-electron chi connectivity index (χ0n) is 12.0. The fourth-order valence-electron chi connectivity index (χ4n) is 3.05. The maximum Gasteiger partial charge on any atom is 0.0746 e. The number of benzene rings is 1. The van der Waals surface area contributed by atoms with Gasteiger partial charge in [-0.3, -0.25) is 0 Å². The number of halogens is 1. The molecule has 0 saturated heterocycles. The van der Waals surface area contributed by atoms with Crippen molar-refractivity contribution in [1.29, 1.82) is 0 Å². The molecule has 3 heteroatoms. The molecule has 2 unspecified atom stereocenters. The van der Waals surface area contributed by atoms with Crippen LogP contribution in [-0.2, 0) is 12.8 Å². The molecule has 0 fully saturated rings. The molecule has 2 nitrogen and oxygen atoms in total. The Morgan fingerprint density at radius 2 is 2.05 bits per heavy atom. The summed E-state index contributed by atoms with van der Waals surface area (Å²) in [4.78, 5) is 0. The van der Waals surface area contributed by atoms with Crippen molar-refractivity contribution in [2.24, 2.45) is 5.92 Å². The molecule has 0 heterocycles. The highest BCUT2D eigenvalue weighted by atomic mass is 35.5. The topological polar surface area (TPSA) is 32.3 Å². The number of rotatable bonds is 5. The van der Waals surface area contributed by atoms with Crippen LogP contribution in [0.2, 0.25) is 5.02 Å². The molecular weight excluding hydrogens is 258 g/mol. The van der Waals surface area contributed by atoms with Crippen LogP contribution in [0.4, 0.5) is 0 Å². The molecule has 2 rings (SSSR count). The lowest BCUT2D eigenvalue weighted by Crippen LogP contribution is -2.43. The Morgan fingerprint density at radius 1 is 1.37 bits per heavy atom. The van der Waals surface area contributed by atoms with Crippen molar-refractivity contribution in [3.63, 3.8) is 0 Å². The zero-order chi connectivity index (χ0) is 14.0. The highest BCUT2D eigenvalue weighted by molar-refractivity contribution is 6.30. The lowest BCUT2D eigenvalue weighted by Gasteiger charge is -2.27. The molecule has 2 N–H and O–H groups in total. The molecule has 1 aliphatic carbocycles. The van der Waals surface area contributed by atoms with Gasteiger partial charge in [0.1, 0.15) is 0 Å². The molecular formula is C16H24ClNO. The van der Waals surface area contributed by atoms with E-state index in [0.29, 0.717) is 18.5 Å². The maximum absolute atomic E-state index is 10.3. The first-order chi connectivity index (χ1) is 8.85. The van der Waals surface area contributed by atoms with Crippen LogP contribution in [0.15, 0.2) is 18.2 Å². The molecule has 1 aromatic carbocycles. The van der Waals surface area contributed by atoms with Gasteiger partial charge in [-0.25, -0.2) is 0 Å². The van der Waals surface area contributed by atoms with Crippen molar-refractivity contribution in [2.45, 2.75) is 51.7 Å². The molecule has 0 spiro atoms. The van der Waals surface area contributed by atoms with Crippen LogP contribution in [0, 0.1) is 5.92 Å². The van der Waals surface area contributed by atoms with Crippen molar-refractivity contribution < 1.29 is 5.11 Å². The average molecular weight is 282 g/mol. The van der Waals surface area contributed by atoms with Crippen molar-refractivity contribution >= 4 is 11.6 Å². The summed E-state index contributed by atoms with van der Waals surface area (Å²) in [6.07, 6.45) is 2.86. The first kappa shape index (κ1) is 14.8. The molecule has 19 heavy (non-hydrogen) atoms. The lowest BCUT2D eigenvalue weighted by molar-refractivity contribution is 0.0361. The van der Waals surface area contributed by atoms with E-state index in [1.54, 1.807) is 0 Å². The van der Waals surface area contributed by atoms with Gasteiger partial charge in [0.2, 0.25) is 0 Å². The minimum absolute atomic E-state index is 0.423. The second-order valence-corrected chi connectivity index (χ2v) is 6.93. The fourth-order valence-corrected chi connectivity index (χ4v) is 3.24. The molecule has 0 saturated carbocycles. The summed E-state index contributed by atoms with van der Waals surface area (Å²) in [6, 6.07) is 6.56. The average Bonchev–Trinajstić information content (AvgIpc) is 2.66. The van der Waals surface area contributed by atoms with Gasteiger partial charge in [-0.2, -0.15) is 0 Å². The highest BCUT2D eigenvalue weighted by Gasteiger charge is 2.26. The second kappa shape index (κ2) is 5.82. The van der Waals surface area contributed by atoms with E-state index in [1.165, 1.54) is 11.1 Å². The third-order valence-corrected chi connectivity index (χ3v) is 3.96. The Morgan fingerprint density at radius 3 is 2.74 bits per heavy atom. The van der Waals surface area contributed by atoms with E-state index in [0.717, 1.165) is 24.3 Å². The Hall–Kier alpha value is -0.570. The lowest BCUT2D eigenvalue weighted by atomic mass is 9.94. The summed E-state index contributed by atoms with van der Waals surface area (Å²) in [5, 5.41) is 14.6. The normalized spacial score (nSPS) is 21.5. The summed E-state index contributed by atoms with van der Waals surface area (Å²) in [6.45, 7) is 6.85. The molecule has 0 bridgehead atoms. The number of hydrogen-bond donors (Lipinski definition) is 2. The summed E-state index contributed by atoms with van der Waals surface area (Å²) < 4.78 is 0. The number of aliphatic hydroxyl groups is 1. The first-order valence-electron chi connectivity index (χ1n) is 7.09. The number of hydrogen-bond acceptors (Lipinski definition) is 2. The van der Waals surface area contributed by atoms with Crippen LogP contribution in [0.25, 0.3) is 0 Å². The molecule has 0 aromatic heterocycles. The van der Waals surface area contributed by atoms with E-state index < -0.39 is 5.60 Å². The highest BCUT2D eigenvalue weighted by Crippen LogP contribution is 2.26. The Kier molecular flexibility index (Phi) is 4.54. The van der Waals surface area contributed by atoms with Gasteiger partial charge in [0.25, 0.3) is 0 Å². The molecule has 0 radical (unpaired) electrons. The zero-order valence-corrected chi connectivity index (χ0v) is 12.8. The summed E-state index contributed by atoms with van der Waals surface area (Å²) in [5.74, 6) is 0.511. The van der Waals surface area contributed by atoms with E-state index in [9.17, 15) is 5.11 Å². The van der Waals surface area contributed by atoms with Gasteiger partial charge in [-0.05, 0) is 55.4 Å². The van der Waals surface area contributed by atoms with Crippen LogP contribution in [0.5, 0.6) is 0 Å². The Labute approximate surface area is 121 Å². The van der Waals surface area contributed by atoms with Gasteiger partial charge in [0.05, 0.1) is 5.60 Å². The maximum atomic E-state index is 10.3. The minimum Gasteiger partial charge on any atom is -0.389 e. The smallest absolute Gasteiger partial charge is 0.0746 e. The SMILES string of the molecule is CC(C)CC(C)(O)CNC1Cc2ccc(Cl)cc2C1. The standard InChI is InChI=1S/C16H24ClNO/c1-11(2)9-16(3,19)10-18-15-7-12-4-5-14(17)6-13(12)8-15/h4-6,11,15,18-19H,7-10H2,1-3H3. The third kappa shape index (κ3) is 4.20. The van der Waals surface area contributed by atoms with Crippen molar-refractivity contribution in [2.75, 3.05) is 6.54 Å². The molecule has 2 atom stereocenters. The van der Waals surface area contributed by atoms with Gasteiger partial charge < -0.3 is 10.4 Å². The second-order valence-electron chi connectivity index (χ2n) is 6.49. The van der Waals surface area contributed by atoms with Crippen LogP contribution in [-0.4, -0.2) is 23.3 Å². The van der Waals surface area contributed by atoms with E-state index in [4.69, 9.17) is 11.6 Å². The quantitative estimate of drug-likeness (QED) is 0.869. The van der Waals surface area contributed by atoms with E-state index in [-0.39, 0.29) is 0 Å².